The maximum absolute atomic E-state index is 5.77. The molecular weight excluding hydrogens is 320 g/mol. The predicted octanol–water partition coefficient (Wildman–Crippen LogP) is 4.52. The van der Waals surface area contributed by atoms with Gasteiger partial charge < -0.3 is 22.9 Å². The number of hydrogen-bond acceptors (Lipinski definition) is 4. The van der Waals surface area contributed by atoms with Crippen molar-refractivity contribution in [1.82, 2.24) is 0 Å². The van der Waals surface area contributed by atoms with Crippen LogP contribution < -0.4 is 22.9 Å². The third kappa shape index (κ3) is 3.87. The Balaban J connectivity index is 0.000000152. The Hall–Kier alpha value is -3.66. The normalized spacial score (nSPS) is 10.2. The van der Waals surface area contributed by atoms with Crippen LogP contribution in [0.4, 0.5) is 22.7 Å². The average Bonchev–Trinajstić information content (AvgIpc) is 2.65. The first-order chi connectivity index (χ1) is 12.5. The van der Waals surface area contributed by atoms with Crippen molar-refractivity contribution in [2.45, 2.75) is 0 Å². The van der Waals surface area contributed by atoms with Crippen molar-refractivity contribution in [2.75, 3.05) is 22.9 Å². The molecule has 0 unspecified atom stereocenters. The molecule has 0 aliphatic rings. The average molecular weight is 342 g/mol. The van der Waals surface area contributed by atoms with E-state index in [4.69, 9.17) is 22.9 Å². The molecule has 26 heavy (non-hydrogen) atoms. The molecule has 0 saturated carbocycles. The fourth-order valence-corrected chi connectivity index (χ4v) is 2.71. The number of benzene rings is 4. The second-order valence-corrected chi connectivity index (χ2v) is 6.03. The highest BCUT2D eigenvalue weighted by molar-refractivity contribution is 5.99. The van der Waals surface area contributed by atoms with Crippen molar-refractivity contribution in [3.05, 3.63) is 84.9 Å². The molecule has 0 fully saturated rings. The van der Waals surface area contributed by atoms with E-state index in [1.54, 1.807) is 0 Å². The lowest BCUT2D eigenvalue weighted by molar-refractivity contribution is 1.61. The van der Waals surface area contributed by atoms with Gasteiger partial charge in [-0.2, -0.15) is 0 Å². The zero-order valence-corrected chi connectivity index (χ0v) is 14.4. The van der Waals surface area contributed by atoms with Gasteiger partial charge in [0, 0.05) is 33.5 Å². The van der Waals surface area contributed by atoms with Gasteiger partial charge in [-0.1, -0.05) is 48.5 Å². The summed E-state index contributed by atoms with van der Waals surface area (Å²) in [6.45, 7) is 0. The second kappa shape index (κ2) is 7.49. The minimum absolute atomic E-state index is 0.778. The van der Waals surface area contributed by atoms with Gasteiger partial charge in [-0.3, -0.25) is 0 Å². The van der Waals surface area contributed by atoms with Crippen LogP contribution in [0, 0.1) is 0 Å². The molecule has 4 aromatic carbocycles. The van der Waals surface area contributed by atoms with Crippen LogP contribution in [-0.4, -0.2) is 0 Å². The summed E-state index contributed by atoms with van der Waals surface area (Å²) >= 11 is 0. The van der Waals surface area contributed by atoms with Crippen molar-refractivity contribution in [3.8, 4) is 11.1 Å². The Morgan fingerprint density at radius 2 is 0.731 bits per heavy atom. The molecular formula is C22H22N4. The molecule has 0 saturated heterocycles. The van der Waals surface area contributed by atoms with E-state index >= 15 is 0 Å². The zero-order valence-electron chi connectivity index (χ0n) is 14.4. The fraction of sp³-hybridized carbons (Fsp3) is 0. The zero-order chi connectivity index (χ0) is 18.5. The van der Waals surface area contributed by atoms with E-state index in [2.05, 4.69) is 0 Å². The lowest BCUT2D eigenvalue weighted by Crippen LogP contribution is -1.90. The van der Waals surface area contributed by atoms with Crippen molar-refractivity contribution in [2.24, 2.45) is 0 Å². The van der Waals surface area contributed by atoms with Crippen molar-refractivity contribution < 1.29 is 0 Å². The second-order valence-electron chi connectivity index (χ2n) is 6.03. The van der Waals surface area contributed by atoms with Gasteiger partial charge in [0.25, 0.3) is 0 Å². The summed E-state index contributed by atoms with van der Waals surface area (Å²) in [5, 5.41) is 2.05. The molecule has 4 nitrogen and oxygen atoms in total. The largest absolute Gasteiger partial charge is 0.399 e. The summed E-state index contributed by atoms with van der Waals surface area (Å²) in [6.07, 6.45) is 0. The number of hydrogen-bond donors (Lipinski definition) is 4. The van der Waals surface area contributed by atoms with E-state index < -0.39 is 0 Å². The first-order valence-corrected chi connectivity index (χ1v) is 8.29. The first-order valence-electron chi connectivity index (χ1n) is 8.29. The fourth-order valence-electron chi connectivity index (χ4n) is 2.71. The van der Waals surface area contributed by atoms with Gasteiger partial charge in [0.05, 0.1) is 0 Å². The van der Waals surface area contributed by atoms with Gasteiger partial charge in [-0.05, 0) is 47.5 Å². The van der Waals surface area contributed by atoms with E-state index in [-0.39, 0.29) is 0 Å². The molecule has 0 aliphatic carbocycles. The van der Waals surface area contributed by atoms with Crippen LogP contribution in [0.5, 0.6) is 0 Å². The highest BCUT2D eigenvalue weighted by Crippen LogP contribution is 2.25. The van der Waals surface area contributed by atoms with Gasteiger partial charge in [0.1, 0.15) is 0 Å². The van der Waals surface area contributed by atoms with Gasteiger partial charge in [0.15, 0.2) is 0 Å². The van der Waals surface area contributed by atoms with Crippen LogP contribution in [0.2, 0.25) is 0 Å². The quantitative estimate of drug-likeness (QED) is 0.382. The highest BCUT2D eigenvalue weighted by Gasteiger charge is 1.98. The summed E-state index contributed by atoms with van der Waals surface area (Å²) in [4.78, 5) is 0. The third-order valence-corrected chi connectivity index (χ3v) is 4.14. The van der Waals surface area contributed by atoms with E-state index in [0.29, 0.717) is 0 Å². The molecule has 0 aromatic heterocycles. The lowest BCUT2D eigenvalue weighted by Gasteiger charge is -2.03. The number of rotatable bonds is 1. The number of fused-ring (bicyclic) bond motifs is 1. The lowest BCUT2D eigenvalue weighted by atomic mass is 10.1. The van der Waals surface area contributed by atoms with Crippen LogP contribution in [0.15, 0.2) is 84.9 Å². The molecule has 4 aromatic rings. The Kier molecular flexibility index (Phi) is 4.94. The minimum atomic E-state index is 0.778. The number of nitrogen functional groups attached to an aromatic ring is 4. The Morgan fingerprint density at radius 1 is 0.385 bits per heavy atom. The highest BCUT2D eigenvalue weighted by atomic mass is 14.6. The number of anilines is 4. The van der Waals surface area contributed by atoms with Crippen LogP contribution in [0.3, 0.4) is 0 Å². The van der Waals surface area contributed by atoms with E-state index in [9.17, 15) is 0 Å². The molecule has 0 heterocycles. The Morgan fingerprint density at radius 3 is 1.08 bits per heavy atom. The Labute approximate surface area is 153 Å². The van der Waals surface area contributed by atoms with E-state index in [0.717, 1.165) is 44.6 Å². The summed E-state index contributed by atoms with van der Waals surface area (Å²) < 4.78 is 0. The molecule has 4 heteroatoms. The summed E-state index contributed by atoms with van der Waals surface area (Å²) in [5.41, 5.74) is 28.2. The number of nitrogens with two attached hydrogens (primary N) is 4. The maximum atomic E-state index is 5.77. The van der Waals surface area contributed by atoms with Gasteiger partial charge >= 0.3 is 0 Å². The van der Waals surface area contributed by atoms with Gasteiger partial charge in [0.2, 0.25) is 0 Å². The van der Waals surface area contributed by atoms with E-state index in [1.165, 1.54) is 0 Å². The SMILES string of the molecule is Nc1ccc(-c2ccc(N)cc2)cc1.Nc1cccc2c(N)cccc12. The molecule has 8 N–H and O–H groups in total. The molecule has 4 rings (SSSR count). The topological polar surface area (TPSA) is 104 Å². The third-order valence-electron chi connectivity index (χ3n) is 4.14. The minimum Gasteiger partial charge on any atom is -0.399 e. The van der Waals surface area contributed by atoms with Gasteiger partial charge in [-0.15, -0.1) is 0 Å². The standard InChI is InChI=1S/C12H12N2.C10H10N2/c13-11-5-1-9(2-6-11)10-3-7-12(14)8-4-10;11-9-5-1-3-7-8(9)4-2-6-10(7)12/h1-8H,13-14H2;1-6H,11-12H2. The smallest absolute Gasteiger partial charge is 0.0394 e. The van der Waals surface area contributed by atoms with Crippen molar-refractivity contribution in [3.63, 3.8) is 0 Å². The molecule has 0 atom stereocenters. The predicted molar refractivity (Wildman–Crippen MR) is 113 cm³/mol. The summed E-state index contributed by atoms with van der Waals surface area (Å²) in [5.74, 6) is 0. The summed E-state index contributed by atoms with van der Waals surface area (Å²) in [6, 6.07) is 27.1. The summed E-state index contributed by atoms with van der Waals surface area (Å²) in [7, 11) is 0. The molecule has 0 spiro atoms. The van der Waals surface area contributed by atoms with E-state index in [1.807, 2.05) is 84.9 Å². The molecule has 0 radical (unpaired) electrons. The molecule has 130 valence electrons. The monoisotopic (exact) mass is 342 g/mol. The van der Waals surface area contributed by atoms with Gasteiger partial charge in [-0.25, -0.2) is 0 Å². The Bertz CT molecular complexity index is 922. The van der Waals surface area contributed by atoms with Crippen LogP contribution in [0.1, 0.15) is 0 Å². The van der Waals surface area contributed by atoms with Crippen molar-refractivity contribution >= 4 is 33.5 Å². The van der Waals surface area contributed by atoms with Crippen molar-refractivity contribution in [1.29, 1.82) is 0 Å². The molecule has 0 amide bonds. The van der Waals surface area contributed by atoms with Crippen LogP contribution in [-0.2, 0) is 0 Å². The molecule has 0 aliphatic heterocycles. The first kappa shape index (κ1) is 17.2. The van der Waals surface area contributed by atoms with Crippen LogP contribution in [0.25, 0.3) is 21.9 Å². The maximum Gasteiger partial charge on any atom is 0.0394 e. The molecule has 0 bridgehead atoms. The van der Waals surface area contributed by atoms with Crippen LogP contribution >= 0.6 is 0 Å².